The van der Waals surface area contributed by atoms with E-state index in [9.17, 15) is 4.79 Å². The quantitative estimate of drug-likeness (QED) is 0.627. The van der Waals surface area contributed by atoms with E-state index in [0.29, 0.717) is 18.8 Å². The molecule has 3 heterocycles. The van der Waals surface area contributed by atoms with Gasteiger partial charge in [-0.2, -0.15) is 4.73 Å². The van der Waals surface area contributed by atoms with Gasteiger partial charge in [0.25, 0.3) is 0 Å². The summed E-state index contributed by atoms with van der Waals surface area (Å²) >= 11 is 0. The van der Waals surface area contributed by atoms with E-state index in [2.05, 4.69) is 22.1 Å². The fourth-order valence-corrected chi connectivity index (χ4v) is 3.43. The second-order valence-electron chi connectivity index (χ2n) is 7.55. The first-order chi connectivity index (χ1) is 14.7. The Morgan fingerprint density at radius 2 is 1.90 bits per heavy atom. The smallest absolute Gasteiger partial charge is 0.410 e. The third-order valence-corrected chi connectivity index (χ3v) is 5.22. The molecule has 0 atom stereocenters. The Hall–Kier alpha value is -3.35. The average molecular weight is 406 g/mol. The van der Waals surface area contributed by atoms with Crippen molar-refractivity contribution >= 4 is 6.09 Å². The zero-order valence-corrected chi connectivity index (χ0v) is 17.1. The molecule has 7 heteroatoms. The largest absolute Gasteiger partial charge is 0.415 e. The van der Waals surface area contributed by atoms with E-state index in [1.54, 1.807) is 28.4 Å². The monoisotopic (exact) mass is 406 g/mol. The standard InChI is InChI=1S/C23H26N4O3/c1-18-2-6-20(25-16-18)7-3-19-4-8-21(9-5-19)29-23(28)26-13-10-22(11-14-26)30-27-15-12-24-17-27/h2,4-6,8-9,12,15-17,22H,3,7,10-11,13-14H2,1H3. The third kappa shape index (κ3) is 5.37. The molecule has 1 saturated heterocycles. The van der Waals surface area contributed by atoms with Gasteiger partial charge in [0, 0.05) is 44.0 Å². The van der Waals surface area contributed by atoms with Crippen LogP contribution < -0.4 is 9.57 Å². The number of carbonyl (C=O) groups excluding carboxylic acids is 1. The number of pyridine rings is 1. The van der Waals surface area contributed by atoms with Crippen LogP contribution in [0.2, 0.25) is 0 Å². The summed E-state index contributed by atoms with van der Waals surface area (Å²) in [5.41, 5.74) is 3.44. The van der Waals surface area contributed by atoms with Gasteiger partial charge in [0.2, 0.25) is 0 Å². The summed E-state index contributed by atoms with van der Waals surface area (Å²) in [6, 6.07) is 11.9. The Morgan fingerprint density at radius 1 is 1.10 bits per heavy atom. The van der Waals surface area contributed by atoms with Crippen LogP contribution in [0.3, 0.4) is 0 Å². The molecule has 3 aromatic rings. The van der Waals surface area contributed by atoms with Crippen LogP contribution in [0.15, 0.2) is 61.3 Å². The number of aryl methyl sites for hydroxylation is 3. The summed E-state index contributed by atoms with van der Waals surface area (Å²) in [6.07, 6.45) is 10.0. The summed E-state index contributed by atoms with van der Waals surface area (Å²) in [4.78, 5) is 28.4. The zero-order chi connectivity index (χ0) is 20.8. The molecule has 1 fully saturated rings. The van der Waals surface area contributed by atoms with Crippen molar-refractivity contribution < 1.29 is 14.4 Å². The first kappa shape index (κ1) is 19.9. The van der Waals surface area contributed by atoms with Crippen LogP contribution in [0.5, 0.6) is 5.75 Å². The van der Waals surface area contributed by atoms with Crippen LogP contribution in [0.1, 0.15) is 29.7 Å². The Bertz CT molecular complexity index is 932. The summed E-state index contributed by atoms with van der Waals surface area (Å²) in [5, 5.41) is 0. The number of hydrogen-bond donors (Lipinski definition) is 0. The molecule has 30 heavy (non-hydrogen) atoms. The normalized spacial score (nSPS) is 14.5. The Labute approximate surface area is 176 Å². The minimum Gasteiger partial charge on any atom is -0.410 e. The Balaban J connectivity index is 1.22. The number of amides is 1. The van der Waals surface area contributed by atoms with Crippen molar-refractivity contribution in [1.29, 1.82) is 0 Å². The van der Waals surface area contributed by atoms with Crippen molar-refractivity contribution in [2.75, 3.05) is 13.1 Å². The van der Waals surface area contributed by atoms with Gasteiger partial charge in [0.15, 0.2) is 0 Å². The minimum absolute atomic E-state index is 0.0746. The first-order valence-electron chi connectivity index (χ1n) is 10.3. The van der Waals surface area contributed by atoms with E-state index in [4.69, 9.17) is 9.57 Å². The predicted octanol–water partition coefficient (Wildman–Crippen LogP) is 3.46. The van der Waals surface area contributed by atoms with Gasteiger partial charge in [0.1, 0.15) is 18.2 Å². The maximum Gasteiger partial charge on any atom is 0.415 e. The number of likely N-dealkylation sites (tertiary alicyclic amines) is 1. The van der Waals surface area contributed by atoms with E-state index < -0.39 is 0 Å². The van der Waals surface area contributed by atoms with Crippen molar-refractivity contribution in [3.8, 4) is 5.75 Å². The highest BCUT2D eigenvalue weighted by atomic mass is 16.7. The molecular formula is C23H26N4O3. The average Bonchev–Trinajstić information content (AvgIpc) is 3.28. The fraction of sp³-hybridized carbons (Fsp3) is 0.348. The minimum atomic E-state index is -0.312. The molecule has 1 aliphatic rings. The second kappa shape index (κ2) is 9.43. The molecule has 156 valence electrons. The Morgan fingerprint density at radius 3 is 2.57 bits per heavy atom. The lowest BCUT2D eigenvalue weighted by Crippen LogP contribution is -2.44. The molecule has 0 aliphatic carbocycles. The molecule has 2 aromatic heterocycles. The van der Waals surface area contributed by atoms with Crippen LogP contribution in [0, 0.1) is 6.92 Å². The molecule has 1 amide bonds. The molecule has 7 nitrogen and oxygen atoms in total. The lowest BCUT2D eigenvalue weighted by molar-refractivity contribution is -0.0000188. The van der Waals surface area contributed by atoms with Gasteiger partial charge in [-0.1, -0.05) is 18.2 Å². The van der Waals surface area contributed by atoms with Crippen molar-refractivity contribution in [2.45, 2.75) is 38.7 Å². The van der Waals surface area contributed by atoms with E-state index in [1.807, 2.05) is 37.4 Å². The zero-order valence-electron chi connectivity index (χ0n) is 17.1. The molecule has 0 unspecified atom stereocenters. The highest BCUT2D eigenvalue weighted by Gasteiger charge is 2.25. The molecule has 4 rings (SSSR count). The molecule has 0 saturated carbocycles. The van der Waals surface area contributed by atoms with Gasteiger partial charge in [-0.15, -0.1) is 0 Å². The maximum absolute atomic E-state index is 12.5. The van der Waals surface area contributed by atoms with E-state index in [0.717, 1.165) is 31.4 Å². The molecule has 0 spiro atoms. The summed E-state index contributed by atoms with van der Waals surface area (Å²) in [6.45, 7) is 3.26. The summed E-state index contributed by atoms with van der Waals surface area (Å²) in [7, 11) is 0. The number of imidazole rings is 1. The second-order valence-corrected chi connectivity index (χ2v) is 7.55. The van der Waals surface area contributed by atoms with Crippen LogP contribution in [0.4, 0.5) is 4.79 Å². The highest BCUT2D eigenvalue weighted by Crippen LogP contribution is 2.17. The third-order valence-electron chi connectivity index (χ3n) is 5.22. The van der Waals surface area contributed by atoms with Gasteiger partial charge in [-0.3, -0.25) is 4.98 Å². The van der Waals surface area contributed by atoms with Crippen LogP contribution in [-0.4, -0.2) is 44.9 Å². The van der Waals surface area contributed by atoms with E-state index in [1.165, 1.54) is 11.1 Å². The molecule has 0 N–H and O–H groups in total. The molecule has 1 aliphatic heterocycles. The van der Waals surface area contributed by atoms with Crippen LogP contribution in [-0.2, 0) is 12.8 Å². The van der Waals surface area contributed by atoms with E-state index >= 15 is 0 Å². The maximum atomic E-state index is 12.5. The van der Waals surface area contributed by atoms with Gasteiger partial charge in [-0.25, -0.2) is 9.78 Å². The number of aromatic nitrogens is 3. The number of benzene rings is 1. The molecule has 0 radical (unpaired) electrons. The van der Waals surface area contributed by atoms with Gasteiger partial charge < -0.3 is 14.5 Å². The first-order valence-corrected chi connectivity index (χ1v) is 10.3. The van der Waals surface area contributed by atoms with E-state index in [-0.39, 0.29) is 12.2 Å². The van der Waals surface area contributed by atoms with Gasteiger partial charge in [0.05, 0.1) is 6.20 Å². The molecule has 1 aromatic carbocycles. The van der Waals surface area contributed by atoms with Crippen LogP contribution >= 0.6 is 0 Å². The van der Waals surface area contributed by atoms with Crippen molar-refractivity contribution in [3.05, 3.63) is 78.1 Å². The lowest BCUT2D eigenvalue weighted by Gasteiger charge is -2.31. The molecule has 0 bridgehead atoms. The van der Waals surface area contributed by atoms with Gasteiger partial charge >= 0.3 is 6.09 Å². The van der Waals surface area contributed by atoms with Gasteiger partial charge in [-0.05, 0) is 49.1 Å². The van der Waals surface area contributed by atoms with Crippen LogP contribution in [0.25, 0.3) is 0 Å². The Kier molecular flexibility index (Phi) is 6.27. The van der Waals surface area contributed by atoms with Crippen molar-refractivity contribution in [1.82, 2.24) is 19.6 Å². The number of ether oxygens (including phenoxy) is 1. The number of nitrogens with zero attached hydrogens (tertiary/aromatic N) is 4. The molecular weight excluding hydrogens is 380 g/mol. The fourth-order valence-electron chi connectivity index (χ4n) is 3.43. The lowest BCUT2D eigenvalue weighted by atomic mass is 10.1. The summed E-state index contributed by atoms with van der Waals surface area (Å²) < 4.78 is 7.15. The SMILES string of the molecule is Cc1ccc(CCc2ccc(OC(=O)N3CCC(On4ccnc4)CC3)cc2)nc1. The van der Waals surface area contributed by atoms with Crippen molar-refractivity contribution in [2.24, 2.45) is 0 Å². The highest BCUT2D eigenvalue weighted by molar-refractivity contribution is 5.70. The predicted molar refractivity (Wildman–Crippen MR) is 112 cm³/mol. The number of hydrogen-bond acceptors (Lipinski definition) is 5. The topological polar surface area (TPSA) is 69.5 Å². The summed E-state index contributed by atoms with van der Waals surface area (Å²) in [5.74, 6) is 0.564. The number of piperidine rings is 1. The number of carbonyl (C=O) groups is 1. The number of rotatable bonds is 6. The van der Waals surface area contributed by atoms with Crippen molar-refractivity contribution in [3.63, 3.8) is 0 Å².